The summed E-state index contributed by atoms with van der Waals surface area (Å²) in [6.45, 7) is 1.94. The van der Waals surface area contributed by atoms with Gasteiger partial charge in [0.15, 0.2) is 0 Å². The van der Waals surface area contributed by atoms with Crippen molar-refractivity contribution in [2.45, 2.75) is 18.9 Å². The van der Waals surface area contributed by atoms with Crippen LogP contribution in [0, 0.1) is 0 Å². The van der Waals surface area contributed by atoms with Gasteiger partial charge in [0.1, 0.15) is 5.82 Å². The number of hydrogen-bond acceptors (Lipinski definition) is 4. The fourth-order valence-electron chi connectivity index (χ4n) is 2.16. The van der Waals surface area contributed by atoms with Crippen molar-refractivity contribution in [1.82, 2.24) is 15.6 Å². The molecule has 18 heavy (non-hydrogen) atoms. The molecule has 2 N–H and O–H groups in total. The number of piperidine rings is 1. The molecular formula is C13H20N4O. The number of aromatic nitrogens is 1. The fraction of sp³-hybridized carbons (Fsp3) is 0.538. The molecule has 0 spiro atoms. The lowest BCUT2D eigenvalue weighted by molar-refractivity contribution is 0.0930. The number of nitrogens with one attached hydrogen (secondary N) is 2. The first-order valence-corrected chi connectivity index (χ1v) is 6.32. The van der Waals surface area contributed by atoms with E-state index in [1.807, 2.05) is 25.1 Å². The highest BCUT2D eigenvalue weighted by Crippen LogP contribution is 2.15. The summed E-state index contributed by atoms with van der Waals surface area (Å²) >= 11 is 0. The van der Waals surface area contributed by atoms with Crippen LogP contribution in [0.15, 0.2) is 18.3 Å². The molecule has 0 aromatic carbocycles. The van der Waals surface area contributed by atoms with Gasteiger partial charge in [-0.3, -0.25) is 4.79 Å². The minimum atomic E-state index is -0.0290. The quantitative estimate of drug-likeness (QED) is 0.824. The Bertz CT molecular complexity index is 413. The number of pyridine rings is 1. The van der Waals surface area contributed by atoms with Crippen LogP contribution in [-0.4, -0.2) is 44.1 Å². The molecule has 1 saturated heterocycles. The molecule has 98 valence electrons. The summed E-state index contributed by atoms with van der Waals surface area (Å²) in [6, 6.07) is 3.89. The van der Waals surface area contributed by atoms with Gasteiger partial charge in [-0.15, -0.1) is 0 Å². The Balaban J connectivity index is 2.08. The Hall–Kier alpha value is -1.62. The smallest absolute Gasteiger partial charge is 0.255 e. The molecule has 0 bridgehead atoms. The van der Waals surface area contributed by atoms with E-state index < -0.39 is 0 Å². The summed E-state index contributed by atoms with van der Waals surface area (Å²) in [7, 11) is 3.79. The van der Waals surface area contributed by atoms with Crippen molar-refractivity contribution in [3.8, 4) is 0 Å². The predicted molar refractivity (Wildman–Crippen MR) is 71.9 cm³/mol. The number of anilines is 1. The van der Waals surface area contributed by atoms with Gasteiger partial charge in [-0.05, 0) is 38.1 Å². The Morgan fingerprint density at radius 1 is 1.44 bits per heavy atom. The largest absolute Gasteiger partial charge is 0.362 e. The molecular weight excluding hydrogens is 228 g/mol. The van der Waals surface area contributed by atoms with Crippen molar-refractivity contribution in [1.29, 1.82) is 0 Å². The van der Waals surface area contributed by atoms with Crippen LogP contribution in [0.5, 0.6) is 0 Å². The lowest BCUT2D eigenvalue weighted by Gasteiger charge is -2.24. The number of amides is 1. The maximum absolute atomic E-state index is 12.2. The topological polar surface area (TPSA) is 57.3 Å². The zero-order valence-electron chi connectivity index (χ0n) is 10.9. The van der Waals surface area contributed by atoms with E-state index in [0.29, 0.717) is 11.4 Å². The van der Waals surface area contributed by atoms with E-state index in [2.05, 4.69) is 15.6 Å². The minimum absolute atomic E-state index is 0.0290. The zero-order valence-corrected chi connectivity index (χ0v) is 10.9. The van der Waals surface area contributed by atoms with Gasteiger partial charge < -0.3 is 15.5 Å². The van der Waals surface area contributed by atoms with E-state index in [0.717, 1.165) is 25.9 Å². The second-order valence-corrected chi connectivity index (χ2v) is 4.77. The predicted octanol–water partition coefficient (Wildman–Crippen LogP) is 0.629. The SMILES string of the molecule is CN(C)c1ncccc1C(=O)NC1CCNCC1. The van der Waals surface area contributed by atoms with Crippen LogP contribution < -0.4 is 15.5 Å². The maximum Gasteiger partial charge on any atom is 0.255 e. The van der Waals surface area contributed by atoms with Crippen molar-refractivity contribution in [3.63, 3.8) is 0 Å². The van der Waals surface area contributed by atoms with E-state index in [1.165, 1.54) is 0 Å². The van der Waals surface area contributed by atoms with Gasteiger partial charge in [0.25, 0.3) is 5.91 Å². The summed E-state index contributed by atoms with van der Waals surface area (Å²) in [5.41, 5.74) is 0.640. The number of hydrogen-bond donors (Lipinski definition) is 2. The molecule has 2 rings (SSSR count). The summed E-state index contributed by atoms with van der Waals surface area (Å²) in [4.78, 5) is 18.3. The highest BCUT2D eigenvalue weighted by Gasteiger charge is 2.19. The Morgan fingerprint density at radius 3 is 2.83 bits per heavy atom. The fourth-order valence-corrected chi connectivity index (χ4v) is 2.16. The van der Waals surface area contributed by atoms with Gasteiger partial charge in [0.2, 0.25) is 0 Å². The third kappa shape index (κ3) is 2.98. The van der Waals surface area contributed by atoms with E-state index in [4.69, 9.17) is 0 Å². The lowest BCUT2D eigenvalue weighted by atomic mass is 10.1. The molecule has 0 aliphatic carbocycles. The number of nitrogens with zero attached hydrogens (tertiary/aromatic N) is 2. The van der Waals surface area contributed by atoms with E-state index in [-0.39, 0.29) is 11.9 Å². The van der Waals surface area contributed by atoms with Crippen LogP contribution in [0.4, 0.5) is 5.82 Å². The van der Waals surface area contributed by atoms with Crippen LogP contribution in [0.1, 0.15) is 23.2 Å². The monoisotopic (exact) mass is 248 g/mol. The molecule has 0 radical (unpaired) electrons. The molecule has 1 amide bonds. The summed E-state index contributed by atoms with van der Waals surface area (Å²) in [6.07, 6.45) is 3.68. The summed E-state index contributed by atoms with van der Waals surface area (Å²) < 4.78 is 0. The molecule has 5 nitrogen and oxygen atoms in total. The first-order valence-electron chi connectivity index (χ1n) is 6.32. The van der Waals surface area contributed by atoms with Gasteiger partial charge in [0, 0.05) is 26.3 Å². The second kappa shape index (κ2) is 5.82. The lowest BCUT2D eigenvalue weighted by Crippen LogP contribution is -2.43. The first kappa shape index (κ1) is 12.8. The molecule has 0 atom stereocenters. The zero-order chi connectivity index (χ0) is 13.0. The average Bonchev–Trinajstić information content (AvgIpc) is 2.40. The van der Waals surface area contributed by atoms with Gasteiger partial charge in [-0.2, -0.15) is 0 Å². The van der Waals surface area contributed by atoms with Crippen LogP contribution in [0.2, 0.25) is 0 Å². The Kier molecular flexibility index (Phi) is 4.15. The summed E-state index contributed by atoms with van der Waals surface area (Å²) in [5.74, 6) is 0.683. The van der Waals surface area contributed by atoms with Gasteiger partial charge in [-0.25, -0.2) is 4.98 Å². The normalized spacial score (nSPS) is 16.3. The molecule has 1 aliphatic heterocycles. The van der Waals surface area contributed by atoms with Crippen LogP contribution in [-0.2, 0) is 0 Å². The number of rotatable bonds is 3. The molecule has 1 fully saturated rings. The first-order chi connectivity index (χ1) is 8.68. The summed E-state index contributed by atoms with van der Waals surface area (Å²) in [5, 5.41) is 6.37. The molecule has 1 aromatic heterocycles. The third-order valence-electron chi connectivity index (χ3n) is 3.13. The number of carbonyl (C=O) groups excluding carboxylic acids is 1. The van der Waals surface area contributed by atoms with Gasteiger partial charge in [-0.1, -0.05) is 0 Å². The average molecular weight is 248 g/mol. The van der Waals surface area contributed by atoms with Crippen molar-refractivity contribution in [2.24, 2.45) is 0 Å². The Morgan fingerprint density at radius 2 is 2.17 bits per heavy atom. The van der Waals surface area contributed by atoms with Crippen molar-refractivity contribution < 1.29 is 4.79 Å². The number of carbonyl (C=O) groups is 1. The third-order valence-corrected chi connectivity index (χ3v) is 3.13. The van der Waals surface area contributed by atoms with Crippen LogP contribution >= 0.6 is 0 Å². The molecule has 5 heteroatoms. The van der Waals surface area contributed by atoms with Gasteiger partial charge in [0.05, 0.1) is 5.56 Å². The molecule has 1 aliphatic rings. The maximum atomic E-state index is 12.2. The van der Waals surface area contributed by atoms with Crippen LogP contribution in [0.25, 0.3) is 0 Å². The second-order valence-electron chi connectivity index (χ2n) is 4.77. The standard InChI is InChI=1S/C13H20N4O/c1-17(2)12-11(4-3-7-15-12)13(18)16-10-5-8-14-9-6-10/h3-4,7,10,14H,5-6,8-9H2,1-2H3,(H,16,18). The molecule has 0 saturated carbocycles. The molecule has 0 unspecified atom stereocenters. The minimum Gasteiger partial charge on any atom is -0.362 e. The van der Waals surface area contributed by atoms with Crippen molar-refractivity contribution in [2.75, 3.05) is 32.1 Å². The van der Waals surface area contributed by atoms with Crippen molar-refractivity contribution in [3.05, 3.63) is 23.9 Å². The van der Waals surface area contributed by atoms with E-state index in [1.54, 1.807) is 12.3 Å². The van der Waals surface area contributed by atoms with Crippen molar-refractivity contribution >= 4 is 11.7 Å². The highest BCUT2D eigenvalue weighted by molar-refractivity contribution is 5.98. The Labute approximate surface area is 108 Å². The molecule has 2 heterocycles. The van der Waals surface area contributed by atoms with Crippen LogP contribution in [0.3, 0.4) is 0 Å². The van der Waals surface area contributed by atoms with E-state index in [9.17, 15) is 4.79 Å². The molecule has 1 aromatic rings. The van der Waals surface area contributed by atoms with Gasteiger partial charge >= 0.3 is 0 Å². The highest BCUT2D eigenvalue weighted by atomic mass is 16.1. The van der Waals surface area contributed by atoms with E-state index >= 15 is 0 Å².